The third-order valence-electron chi connectivity index (χ3n) is 2.50. The Balaban J connectivity index is 1.76. The molecule has 0 radical (unpaired) electrons. The van der Waals surface area contributed by atoms with Crippen molar-refractivity contribution in [2.75, 3.05) is 5.75 Å². The van der Waals surface area contributed by atoms with Gasteiger partial charge >= 0.3 is 0 Å². The van der Waals surface area contributed by atoms with Crippen molar-refractivity contribution < 1.29 is 4.79 Å². The van der Waals surface area contributed by atoms with Gasteiger partial charge in [0.1, 0.15) is 0 Å². The van der Waals surface area contributed by atoms with Gasteiger partial charge in [-0.25, -0.2) is 0 Å². The molecule has 0 saturated heterocycles. The molecule has 0 unspecified atom stereocenters. The molecule has 0 aliphatic heterocycles. The highest BCUT2D eigenvalue weighted by Crippen LogP contribution is 2.21. The van der Waals surface area contributed by atoms with E-state index in [1.54, 1.807) is 0 Å². The summed E-state index contributed by atoms with van der Waals surface area (Å²) in [5.74, 6) is 0.418. The highest BCUT2D eigenvalue weighted by Gasteiger charge is 2.03. The molecule has 98 valence electrons. The average Bonchev–Trinajstić information content (AvgIpc) is 2.44. The summed E-state index contributed by atoms with van der Waals surface area (Å²) in [6.07, 6.45) is 0. The van der Waals surface area contributed by atoms with Crippen LogP contribution < -0.4 is 5.32 Å². The number of thioether (sulfide) groups is 1. The third-order valence-corrected chi connectivity index (χ3v) is 3.73. The van der Waals surface area contributed by atoms with E-state index in [0.29, 0.717) is 17.3 Å². The van der Waals surface area contributed by atoms with Crippen molar-refractivity contribution >= 4 is 29.3 Å². The van der Waals surface area contributed by atoms with Gasteiger partial charge in [0.15, 0.2) is 0 Å². The lowest BCUT2D eigenvalue weighted by molar-refractivity contribution is -0.118. The van der Waals surface area contributed by atoms with Crippen molar-refractivity contribution in [3.05, 3.63) is 65.2 Å². The lowest BCUT2D eigenvalue weighted by atomic mass is 10.2. The van der Waals surface area contributed by atoms with Crippen LogP contribution in [-0.2, 0) is 11.3 Å². The fourth-order valence-electron chi connectivity index (χ4n) is 1.55. The van der Waals surface area contributed by atoms with E-state index >= 15 is 0 Å². The van der Waals surface area contributed by atoms with Crippen LogP contribution in [0.15, 0.2) is 59.5 Å². The smallest absolute Gasteiger partial charge is 0.230 e. The van der Waals surface area contributed by atoms with Crippen molar-refractivity contribution in [1.82, 2.24) is 5.32 Å². The zero-order valence-corrected chi connectivity index (χ0v) is 11.9. The summed E-state index contributed by atoms with van der Waals surface area (Å²) in [6, 6.07) is 17.4. The Kier molecular flexibility index (Phi) is 5.31. The fourth-order valence-corrected chi connectivity index (χ4v) is 2.59. The van der Waals surface area contributed by atoms with Gasteiger partial charge in [0.2, 0.25) is 5.91 Å². The number of halogens is 1. The van der Waals surface area contributed by atoms with Crippen LogP contribution >= 0.6 is 23.4 Å². The molecule has 0 aromatic heterocycles. The van der Waals surface area contributed by atoms with E-state index in [2.05, 4.69) is 5.32 Å². The predicted octanol–water partition coefficient (Wildman–Crippen LogP) is 3.75. The Morgan fingerprint density at radius 3 is 2.63 bits per heavy atom. The summed E-state index contributed by atoms with van der Waals surface area (Å²) in [5.41, 5.74) is 1.10. The van der Waals surface area contributed by atoms with Gasteiger partial charge < -0.3 is 5.32 Å². The second kappa shape index (κ2) is 7.22. The van der Waals surface area contributed by atoms with Crippen LogP contribution in [0, 0.1) is 0 Å². The summed E-state index contributed by atoms with van der Waals surface area (Å²) < 4.78 is 0. The molecule has 2 aromatic rings. The molecule has 0 heterocycles. The quantitative estimate of drug-likeness (QED) is 0.850. The minimum atomic E-state index is 0.0221. The van der Waals surface area contributed by atoms with Gasteiger partial charge in [-0.15, -0.1) is 11.8 Å². The highest BCUT2D eigenvalue weighted by molar-refractivity contribution is 8.00. The van der Waals surface area contributed by atoms with Gasteiger partial charge in [-0.2, -0.15) is 0 Å². The molecule has 0 fully saturated rings. The Morgan fingerprint density at radius 1 is 1.11 bits per heavy atom. The zero-order chi connectivity index (χ0) is 13.5. The van der Waals surface area contributed by atoms with E-state index in [1.165, 1.54) is 11.8 Å². The maximum Gasteiger partial charge on any atom is 0.230 e. The van der Waals surface area contributed by atoms with Gasteiger partial charge in [0.05, 0.1) is 5.75 Å². The SMILES string of the molecule is O=C(CSc1cccc(Cl)c1)NCc1ccccc1. The Bertz CT molecular complexity index is 545. The number of hydrogen-bond acceptors (Lipinski definition) is 2. The second-order valence-corrected chi connectivity index (χ2v) is 5.49. The van der Waals surface area contributed by atoms with E-state index in [1.807, 2.05) is 54.6 Å². The van der Waals surface area contributed by atoms with E-state index in [9.17, 15) is 4.79 Å². The first-order valence-electron chi connectivity index (χ1n) is 5.93. The summed E-state index contributed by atoms with van der Waals surface area (Å²) >= 11 is 7.37. The number of carbonyl (C=O) groups is 1. The van der Waals surface area contributed by atoms with Crippen LogP contribution in [0.1, 0.15) is 5.56 Å². The van der Waals surface area contributed by atoms with E-state index in [-0.39, 0.29) is 5.91 Å². The number of amides is 1. The Morgan fingerprint density at radius 2 is 1.89 bits per heavy atom. The number of hydrogen-bond donors (Lipinski definition) is 1. The highest BCUT2D eigenvalue weighted by atomic mass is 35.5. The van der Waals surface area contributed by atoms with Gasteiger partial charge in [0, 0.05) is 16.5 Å². The molecule has 0 atom stereocenters. The van der Waals surface area contributed by atoms with E-state index < -0.39 is 0 Å². The molecular formula is C15H14ClNOS. The lowest BCUT2D eigenvalue weighted by Crippen LogP contribution is -2.24. The molecule has 1 N–H and O–H groups in total. The molecule has 0 saturated carbocycles. The zero-order valence-electron chi connectivity index (χ0n) is 10.3. The Hall–Kier alpha value is -1.45. The minimum absolute atomic E-state index is 0.0221. The van der Waals surface area contributed by atoms with Crippen LogP contribution in [-0.4, -0.2) is 11.7 Å². The van der Waals surface area contributed by atoms with Crippen LogP contribution in [0.5, 0.6) is 0 Å². The summed E-state index contributed by atoms with van der Waals surface area (Å²) in [5, 5.41) is 3.58. The molecule has 0 aliphatic rings. The maximum atomic E-state index is 11.7. The van der Waals surface area contributed by atoms with Gasteiger partial charge in [-0.05, 0) is 23.8 Å². The molecule has 1 amide bonds. The molecule has 4 heteroatoms. The van der Waals surface area contributed by atoms with Crippen LogP contribution in [0.25, 0.3) is 0 Å². The molecule has 19 heavy (non-hydrogen) atoms. The van der Waals surface area contributed by atoms with Crippen molar-refractivity contribution in [2.45, 2.75) is 11.4 Å². The molecule has 0 aliphatic carbocycles. The normalized spacial score (nSPS) is 10.2. The maximum absolute atomic E-state index is 11.7. The average molecular weight is 292 g/mol. The molecular weight excluding hydrogens is 278 g/mol. The number of carbonyl (C=O) groups excluding carboxylic acids is 1. The fraction of sp³-hybridized carbons (Fsp3) is 0.133. The van der Waals surface area contributed by atoms with E-state index in [0.717, 1.165) is 10.5 Å². The number of nitrogens with one attached hydrogen (secondary N) is 1. The van der Waals surface area contributed by atoms with Crippen molar-refractivity contribution in [1.29, 1.82) is 0 Å². The van der Waals surface area contributed by atoms with Crippen molar-refractivity contribution in [2.24, 2.45) is 0 Å². The van der Waals surface area contributed by atoms with Crippen LogP contribution in [0.2, 0.25) is 5.02 Å². The summed E-state index contributed by atoms with van der Waals surface area (Å²) in [6.45, 7) is 0.565. The topological polar surface area (TPSA) is 29.1 Å². The third kappa shape index (κ3) is 4.97. The predicted molar refractivity (Wildman–Crippen MR) is 80.5 cm³/mol. The summed E-state index contributed by atoms with van der Waals surface area (Å²) in [4.78, 5) is 12.7. The van der Waals surface area contributed by atoms with Crippen LogP contribution in [0.4, 0.5) is 0 Å². The largest absolute Gasteiger partial charge is 0.351 e. The number of benzene rings is 2. The standard InChI is InChI=1S/C15H14ClNOS/c16-13-7-4-8-14(9-13)19-11-15(18)17-10-12-5-2-1-3-6-12/h1-9H,10-11H2,(H,17,18). The minimum Gasteiger partial charge on any atom is -0.351 e. The van der Waals surface area contributed by atoms with Crippen LogP contribution in [0.3, 0.4) is 0 Å². The molecule has 2 rings (SSSR count). The first kappa shape index (κ1) is 14.0. The molecule has 2 aromatic carbocycles. The lowest BCUT2D eigenvalue weighted by Gasteiger charge is -2.05. The molecule has 0 spiro atoms. The Labute approximate surface area is 122 Å². The van der Waals surface area contributed by atoms with Gasteiger partial charge in [0.25, 0.3) is 0 Å². The summed E-state index contributed by atoms with van der Waals surface area (Å²) in [7, 11) is 0. The number of rotatable bonds is 5. The van der Waals surface area contributed by atoms with Gasteiger partial charge in [-0.3, -0.25) is 4.79 Å². The van der Waals surface area contributed by atoms with Gasteiger partial charge in [-0.1, -0.05) is 48.0 Å². The monoisotopic (exact) mass is 291 g/mol. The first-order chi connectivity index (χ1) is 9.24. The first-order valence-corrected chi connectivity index (χ1v) is 7.29. The second-order valence-electron chi connectivity index (χ2n) is 4.01. The molecule has 0 bridgehead atoms. The van der Waals surface area contributed by atoms with Crippen molar-refractivity contribution in [3.63, 3.8) is 0 Å². The van der Waals surface area contributed by atoms with E-state index in [4.69, 9.17) is 11.6 Å². The molecule has 2 nitrogen and oxygen atoms in total. The van der Waals surface area contributed by atoms with Crippen molar-refractivity contribution in [3.8, 4) is 0 Å².